The Hall–Kier alpha value is -0.804. The molecule has 2 rings (SSSR count). The van der Waals surface area contributed by atoms with E-state index in [1.807, 2.05) is 0 Å². The van der Waals surface area contributed by atoms with Crippen LogP contribution in [0.2, 0.25) is 0 Å². The number of carbonyl (C=O) groups excluding carboxylic acids is 1. The molecule has 88 valence electrons. The van der Waals surface area contributed by atoms with E-state index in [2.05, 4.69) is 15.5 Å². The van der Waals surface area contributed by atoms with Crippen molar-refractivity contribution < 1.29 is 66.0 Å². The minimum atomic E-state index is -1.40. The van der Waals surface area contributed by atoms with Crippen LogP contribution in [0.4, 0.5) is 0 Å². The van der Waals surface area contributed by atoms with E-state index in [-0.39, 0.29) is 63.8 Å². The van der Waals surface area contributed by atoms with E-state index in [1.165, 1.54) is 0 Å². The minimum absolute atomic E-state index is 0. The van der Waals surface area contributed by atoms with Gasteiger partial charge in [-0.25, -0.2) is 4.68 Å². The predicted molar refractivity (Wildman–Crippen MR) is 54.2 cm³/mol. The molecule has 7 nitrogen and oxygen atoms in total. The van der Waals surface area contributed by atoms with Crippen molar-refractivity contribution in [3.8, 4) is 5.75 Å². The fourth-order valence-electron chi connectivity index (χ4n) is 1.36. The molecule has 0 atom stereocenters. The Kier molecular flexibility index (Phi) is 5.89. The van der Waals surface area contributed by atoms with Crippen molar-refractivity contribution in [1.82, 2.24) is 20.2 Å². The Morgan fingerprint density at radius 3 is 2.61 bits per heavy atom. The number of ether oxygens (including phenoxy) is 1. The molecular weight excluding hydrogens is 263 g/mol. The minimum Gasteiger partial charge on any atom is -0.541 e. The van der Waals surface area contributed by atoms with Gasteiger partial charge in [0.15, 0.2) is 5.82 Å². The molecular formula is C10H9KN4O3. The fraction of sp³-hybridized carbons (Fsp3) is 0.200. The van der Waals surface area contributed by atoms with Gasteiger partial charge >= 0.3 is 51.4 Å². The monoisotopic (exact) mass is 272 g/mol. The zero-order valence-electron chi connectivity index (χ0n) is 10.0. The molecule has 1 heterocycles. The zero-order chi connectivity index (χ0) is 12.3. The molecule has 0 bridgehead atoms. The van der Waals surface area contributed by atoms with Gasteiger partial charge in [0.05, 0.1) is 13.7 Å². The molecule has 8 heteroatoms. The van der Waals surface area contributed by atoms with E-state index in [0.29, 0.717) is 0 Å². The number of aromatic carboxylic acids is 1. The van der Waals surface area contributed by atoms with E-state index in [9.17, 15) is 9.90 Å². The summed E-state index contributed by atoms with van der Waals surface area (Å²) in [6, 6.07) is 7.16. The molecule has 1 aromatic carbocycles. The largest absolute Gasteiger partial charge is 1.00 e. The van der Waals surface area contributed by atoms with Crippen molar-refractivity contribution in [2.24, 2.45) is 0 Å². The molecule has 0 saturated heterocycles. The maximum Gasteiger partial charge on any atom is 1.00 e. The summed E-state index contributed by atoms with van der Waals surface area (Å²) in [4.78, 5) is 10.7. The quantitative estimate of drug-likeness (QED) is 0.528. The van der Waals surface area contributed by atoms with Crippen molar-refractivity contribution in [1.29, 1.82) is 0 Å². The number of tetrazole rings is 1. The smallest absolute Gasteiger partial charge is 0.541 e. The number of carboxylic acid groups (broad SMARTS) is 1. The van der Waals surface area contributed by atoms with E-state index >= 15 is 0 Å². The number of rotatable bonds is 4. The van der Waals surface area contributed by atoms with Crippen molar-refractivity contribution in [3.05, 3.63) is 35.7 Å². The Labute approximate surface area is 146 Å². The summed E-state index contributed by atoms with van der Waals surface area (Å²) in [7, 11) is 1.57. The number of carbonyl (C=O) groups is 1. The molecule has 0 aliphatic rings. The van der Waals surface area contributed by atoms with E-state index in [4.69, 9.17) is 4.74 Å². The number of aromatic nitrogens is 4. The van der Waals surface area contributed by atoms with Crippen LogP contribution in [0.15, 0.2) is 24.3 Å². The second-order valence-corrected chi connectivity index (χ2v) is 3.30. The Morgan fingerprint density at radius 2 is 2.06 bits per heavy atom. The van der Waals surface area contributed by atoms with Crippen molar-refractivity contribution in [2.75, 3.05) is 7.11 Å². The predicted octanol–water partition coefficient (Wildman–Crippen LogP) is -3.90. The summed E-state index contributed by atoms with van der Waals surface area (Å²) in [6.45, 7) is 0.264. The van der Waals surface area contributed by atoms with E-state index in [0.717, 1.165) is 16.0 Å². The molecule has 0 aliphatic carbocycles. The first kappa shape index (κ1) is 15.3. The molecule has 2 aromatic rings. The molecule has 1 aromatic heterocycles. The SMILES string of the molecule is COc1ccc(Cn2nnnc2C(=O)[O-])cc1.[K+]. The molecule has 18 heavy (non-hydrogen) atoms. The maximum absolute atomic E-state index is 10.7. The summed E-state index contributed by atoms with van der Waals surface area (Å²) in [6.07, 6.45) is 0. The van der Waals surface area contributed by atoms with Gasteiger partial charge in [0, 0.05) is 0 Å². The van der Waals surface area contributed by atoms with Gasteiger partial charge < -0.3 is 14.6 Å². The standard InChI is InChI=1S/C10H10N4O3.K/c1-17-8-4-2-7(3-5-8)6-14-9(10(15)16)11-12-13-14;/h2-5H,6H2,1H3,(H,15,16);/q;+1/p-1. The van der Waals surface area contributed by atoms with Crippen molar-refractivity contribution >= 4 is 5.97 Å². The van der Waals surface area contributed by atoms with Crippen LogP contribution in [0.25, 0.3) is 0 Å². The third kappa shape index (κ3) is 3.59. The van der Waals surface area contributed by atoms with Gasteiger partial charge in [-0.2, -0.15) is 0 Å². The van der Waals surface area contributed by atoms with Crippen LogP contribution in [-0.2, 0) is 6.54 Å². The number of methoxy groups -OCH3 is 1. The third-order valence-corrected chi connectivity index (χ3v) is 2.21. The number of hydrogen-bond donors (Lipinski definition) is 0. The van der Waals surface area contributed by atoms with Gasteiger partial charge in [-0.15, -0.1) is 5.10 Å². The molecule has 0 aliphatic heterocycles. The number of carboxylic acids is 1. The number of nitrogens with zero attached hydrogens (tertiary/aromatic N) is 4. The van der Waals surface area contributed by atoms with E-state index in [1.54, 1.807) is 31.4 Å². The Balaban J connectivity index is 0.00000162. The van der Waals surface area contributed by atoms with Crippen molar-refractivity contribution in [3.63, 3.8) is 0 Å². The maximum atomic E-state index is 10.7. The van der Waals surface area contributed by atoms with Gasteiger partial charge in [-0.05, 0) is 28.1 Å². The van der Waals surface area contributed by atoms with Gasteiger partial charge in [0.1, 0.15) is 11.7 Å². The second kappa shape index (κ2) is 6.95. The topological polar surface area (TPSA) is 93.0 Å². The molecule has 0 unspecified atom stereocenters. The molecule has 0 saturated carbocycles. The van der Waals surface area contributed by atoms with Crippen LogP contribution in [-0.4, -0.2) is 33.3 Å². The average Bonchev–Trinajstić information content (AvgIpc) is 2.78. The fourth-order valence-corrected chi connectivity index (χ4v) is 1.36. The molecule has 0 N–H and O–H groups in total. The van der Waals surface area contributed by atoms with Gasteiger partial charge in [0.25, 0.3) is 0 Å². The van der Waals surface area contributed by atoms with Gasteiger partial charge in [0.2, 0.25) is 0 Å². The van der Waals surface area contributed by atoms with Crippen LogP contribution in [0.3, 0.4) is 0 Å². The molecule has 0 radical (unpaired) electrons. The molecule has 0 spiro atoms. The average molecular weight is 272 g/mol. The molecule has 0 amide bonds. The van der Waals surface area contributed by atoms with Crippen LogP contribution in [0.1, 0.15) is 16.2 Å². The third-order valence-electron chi connectivity index (χ3n) is 2.21. The van der Waals surface area contributed by atoms with Crippen LogP contribution >= 0.6 is 0 Å². The summed E-state index contributed by atoms with van der Waals surface area (Å²) in [5.41, 5.74) is 0.862. The first-order valence-electron chi connectivity index (χ1n) is 4.81. The summed E-state index contributed by atoms with van der Waals surface area (Å²) in [5.74, 6) is -0.963. The Morgan fingerprint density at radius 1 is 1.39 bits per heavy atom. The number of benzene rings is 1. The summed E-state index contributed by atoms with van der Waals surface area (Å²) < 4.78 is 6.18. The van der Waals surface area contributed by atoms with Crippen LogP contribution in [0, 0.1) is 0 Å². The zero-order valence-corrected chi connectivity index (χ0v) is 13.2. The van der Waals surface area contributed by atoms with Crippen LogP contribution < -0.4 is 61.2 Å². The Bertz CT molecular complexity index is 526. The molecule has 0 fully saturated rings. The normalized spacial score (nSPS) is 9.61. The van der Waals surface area contributed by atoms with Crippen LogP contribution in [0.5, 0.6) is 5.75 Å². The summed E-state index contributed by atoms with van der Waals surface area (Å²) in [5, 5.41) is 20.9. The first-order chi connectivity index (χ1) is 8.20. The van der Waals surface area contributed by atoms with Crippen molar-refractivity contribution in [2.45, 2.75) is 6.54 Å². The first-order valence-corrected chi connectivity index (χ1v) is 4.81. The van der Waals surface area contributed by atoms with Gasteiger partial charge in [-0.3, -0.25) is 0 Å². The number of hydrogen-bond acceptors (Lipinski definition) is 6. The van der Waals surface area contributed by atoms with E-state index < -0.39 is 5.97 Å². The second-order valence-electron chi connectivity index (χ2n) is 3.30. The summed E-state index contributed by atoms with van der Waals surface area (Å²) >= 11 is 0. The van der Waals surface area contributed by atoms with Gasteiger partial charge in [-0.1, -0.05) is 12.1 Å².